The molecule has 3 rings (SSSR count). The Kier molecular flexibility index (Phi) is 7.79. The summed E-state index contributed by atoms with van der Waals surface area (Å²) in [4.78, 5) is 26.0. The zero-order valence-electron chi connectivity index (χ0n) is 16.3. The Labute approximate surface area is 171 Å². The second kappa shape index (κ2) is 10.5. The molecule has 28 heavy (non-hydrogen) atoms. The van der Waals surface area contributed by atoms with Gasteiger partial charge in [-0.25, -0.2) is 0 Å². The summed E-state index contributed by atoms with van der Waals surface area (Å²) < 4.78 is 0. The van der Waals surface area contributed by atoms with Gasteiger partial charge in [-0.05, 0) is 50.7 Å². The van der Waals surface area contributed by atoms with E-state index in [0.29, 0.717) is 6.42 Å². The Morgan fingerprint density at radius 3 is 2.39 bits per heavy atom. The minimum absolute atomic E-state index is 0.00297. The Morgan fingerprint density at radius 1 is 1.00 bits per heavy atom. The molecule has 0 radical (unpaired) electrons. The first-order valence-corrected chi connectivity index (χ1v) is 11.4. The molecule has 0 bridgehead atoms. The van der Waals surface area contributed by atoms with E-state index in [0.717, 1.165) is 54.9 Å². The lowest BCUT2D eigenvalue weighted by molar-refractivity contribution is -0.125. The lowest BCUT2D eigenvalue weighted by Gasteiger charge is -2.29. The third-order valence-corrected chi connectivity index (χ3v) is 6.86. The van der Waals surface area contributed by atoms with Crippen molar-refractivity contribution in [2.75, 3.05) is 11.1 Å². The Balaban J connectivity index is 1.46. The number of nitrogens with one attached hydrogen (secondary N) is 2. The van der Waals surface area contributed by atoms with Crippen LogP contribution in [0.15, 0.2) is 29.2 Å². The van der Waals surface area contributed by atoms with Crippen LogP contribution in [-0.4, -0.2) is 23.6 Å². The first-order valence-electron chi connectivity index (χ1n) is 10.4. The average Bonchev–Trinajstić information content (AvgIpc) is 3.25. The highest BCUT2D eigenvalue weighted by Gasteiger charge is 2.30. The maximum Gasteiger partial charge on any atom is 0.227 e. The first kappa shape index (κ1) is 20.7. The maximum atomic E-state index is 12.7. The van der Waals surface area contributed by atoms with Crippen molar-refractivity contribution in [2.45, 2.75) is 68.7 Å². The fraction of sp³-hybridized carbons (Fsp3) is 0.591. The summed E-state index contributed by atoms with van der Waals surface area (Å²) in [7, 11) is 0. The van der Waals surface area contributed by atoms with E-state index in [-0.39, 0.29) is 29.7 Å². The molecule has 150 valence electrons. The number of anilines is 1. The molecule has 2 aliphatic rings. The summed E-state index contributed by atoms with van der Waals surface area (Å²) in [6.07, 6.45) is 8.23. The van der Waals surface area contributed by atoms with Gasteiger partial charge in [-0.3, -0.25) is 9.59 Å². The highest BCUT2D eigenvalue weighted by atomic mass is 32.2. The number of nitrogens with zero attached hydrogens (tertiary/aromatic N) is 1. The molecule has 0 aliphatic heterocycles. The maximum absolute atomic E-state index is 12.7. The van der Waals surface area contributed by atoms with Gasteiger partial charge >= 0.3 is 0 Å². The number of rotatable bonds is 7. The van der Waals surface area contributed by atoms with E-state index >= 15 is 0 Å². The van der Waals surface area contributed by atoms with Gasteiger partial charge < -0.3 is 10.6 Å². The summed E-state index contributed by atoms with van der Waals surface area (Å²) in [5.74, 6) is 1.20. The van der Waals surface area contributed by atoms with Crippen LogP contribution >= 0.6 is 11.8 Å². The molecule has 1 aromatic rings. The van der Waals surface area contributed by atoms with Crippen molar-refractivity contribution in [3.05, 3.63) is 24.3 Å². The fourth-order valence-electron chi connectivity index (χ4n) is 4.14. The van der Waals surface area contributed by atoms with Gasteiger partial charge in [0, 0.05) is 34.9 Å². The van der Waals surface area contributed by atoms with Gasteiger partial charge in [0.05, 0.1) is 11.8 Å². The molecule has 0 spiro atoms. The van der Waals surface area contributed by atoms with E-state index in [4.69, 9.17) is 5.26 Å². The minimum atomic E-state index is -0.00297. The Hall–Kier alpha value is -2.00. The van der Waals surface area contributed by atoms with Crippen LogP contribution in [0.25, 0.3) is 0 Å². The third-order valence-electron chi connectivity index (χ3n) is 5.79. The second-order valence-electron chi connectivity index (χ2n) is 7.78. The van der Waals surface area contributed by atoms with Gasteiger partial charge in [0.2, 0.25) is 11.8 Å². The van der Waals surface area contributed by atoms with E-state index in [9.17, 15) is 9.59 Å². The molecule has 0 atom stereocenters. The van der Waals surface area contributed by atoms with E-state index < -0.39 is 0 Å². The van der Waals surface area contributed by atoms with Gasteiger partial charge in [0.25, 0.3) is 0 Å². The SMILES string of the molecule is N#CCCSc1ccccc1NC(=O)C1CCC(NC(=O)C2CCCC2)CC1. The van der Waals surface area contributed by atoms with E-state index in [2.05, 4.69) is 16.7 Å². The zero-order chi connectivity index (χ0) is 19.8. The third kappa shape index (κ3) is 5.75. The number of benzene rings is 1. The molecular weight excluding hydrogens is 370 g/mol. The van der Waals surface area contributed by atoms with E-state index in [1.165, 1.54) is 12.8 Å². The average molecular weight is 400 g/mol. The summed E-state index contributed by atoms with van der Waals surface area (Å²) in [6, 6.07) is 10.1. The lowest BCUT2D eigenvalue weighted by Crippen LogP contribution is -2.41. The number of nitriles is 1. The van der Waals surface area contributed by atoms with Crippen LogP contribution in [0.3, 0.4) is 0 Å². The molecule has 2 N–H and O–H groups in total. The summed E-state index contributed by atoms with van der Waals surface area (Å²) in [5.41, 5.74) is 0.826. The molecule has 2 saturated carbocycles. The number of hydrogen-bond acceptors (Lipinski definition) is 4. The van der Waals surface area contributed by atoms with Gasteiger partial charge in [-0.2, -0.15) is 5.26 Å². The van der Waals surface area contributed by atoms with Crippen molar-refractivity contribution in [1.82, 2.24) is 5.32 Å². The number of amides is 2. The van der Waals surface area contributed by atoms with Gasteiger partial charge in [0.15, 0.2) is 0 Å². The fourth-order valence-corrected chi connectivity index (χ4v) is 5.01. The van der Waals surface area contributed by atoms with Crippen LogP contribution in [0.2, 0.25) is 0 Å². The van der Waals surface area contributed by atoms with Crippen molar-refractivity contribution in [1.29, 1.82) is 5.26 Å². The molecule has 0 unspecified atom stereocenters. The number of para-hydroxylation sites is 1. The highest BCUT2D eigenvalue weighted by Crippen LogP contribution is 2.31. The van der Waals surface area contributed by atoms with Gasteiger partial charge in [-0.1, -0.05) is 25.0 Å². The smallest absolute Gasteiger partial charge is 0.227 e. The molecule has 2 aliphatic carbocycles. The number of hydrogen-bond donors (Lipinski definition) is 2. The molecule has 0 saturated heterocycles. The van der Waals surface area contributed by atoms with Crippen molar-refractivity contribution in [2.24, 2.45) is 11.8 Å². The largest absolute Gasteiger partial charge is 0.353 e. The standard InChI is InChI=1S/C22H29N3O2S/c23-14-5-15-28-20-9-4-3-8-19(20)25-22(27)17-10-12-18(13-11-17)24-21(26)16-6-1-2-7-16/h3-4,8-9,16-18H,1-2,5-7,10-13,15H2,(H,24,26)(H,25,27). The predicted octanol–water partition coefficient (Wildman–Crippen LogP) is 4.50. The van der Waals surface area contributed by atoms with E-state index in [1.807, 2.05) is 24.3 Å². The topological polar surface area (TPSA) is 82.0 Å². The summed E-state index contributed by atoms with van der Waals surface area (Å²) in [5, 5.41) is 15.0. The predicted molar refractivity (Wildman–Crippen MR) is 112 cm³/mol. The number of thioether (sulfide) groups is 1. The minimum Gasteiger partial charge on any atom is -0.353 e. The molecule has 1 aromatic carbocycles. The normalized spacial score (nSPS) is 22.4. The lowest BCUT2D eigenvalue weighted by atomic mass is 9.85. The van der Waals surface area contributed by atoms with Crippen LogP contribution in [0.5, 0.6) is 0 Å². The molecular formula is C22H29N3O2S. The number of carbonyl (C=O) groups is 2. The summed E-state index contributed by atoms with van der Waals surface area (Å²) in [6.45, 7) is 0. The van der Waals surface area contributed by atoms with Gasteiger partial charge in [0.1, 0.15) is 0 Å². The first-order chi connectivity index (χ1) is 13.7. The van der Waals surface area contributed by atoms with Crippen LogP contribution in [0, 0.1) is 23.2 Å². The van der Waals surface area contributed by atoms with Crippen LogP contribution in [0.4, 0.5) is 5.69 Å². The van der Waals surface area contributed by atoms with Crippen LogP contribution in [-0.2, 0) is 9.59 Å². The van der Waals surface area contributed by atoms with Crippen LogP contribution < -0.4 is 10.6 Å². The van der Waals surface area contributed by atoms with Crippen molar-refractivity contribution >= 4 is 29.3 Å². The molecule has 6 heteroatoms. The Morgan fingerprint density at radius 2 is 1.68 bits per heavy atom. The van der Waals surface area contributed by atoms with Crippen molar-refractivity contribution in [3.63, 3.8) is 0 Å². The molecule has 0 aromatic heterocycles. The molecule has 5 nitrogen and oxygen atoms in total. The van der Waals surface area contributed by atoms with Gasteiger partial charge in [-0.15, -0.1) is 11.8 Å². The molecule has 0 heterocycles. The van der Waals surface area contributed by atoms with Crippen LogP contribution in [0.1, 0.15) is 57.8 Å². The van der Waals surface area contributed by atoms with Crippen molar-refractivity contribution in [3.8, 4) is 6.07 Å². The second-order valence-corrected chi connectivity index (χ2v) is 8.92. The molecule has 2 fully saturated rings. The quantitative estimate of drug-likeness (QED) is 0.522. The summed E-state index contributed by atoms with van der Waals surface area (Å²) >= 11 is 1.59. The Bertz CT molecular complexity index is 717. The zero-order valence-corrected chi connectivity index (χ0v) is 17.1. The monoisotopic (exact) mass is 399 g/mol. The molecule has 2 amide bonds. The number of carbonyl (C=O) groups excluding carboxylic acids is 2. The highest BCUT2D eigenvalue weighted by molar-refractivity contribution is 7.99. The van der Waals surface area contributed by atoms with E-state index in [1.54, 1.807) is 11.8 Å². The van der Waals surface area contributed by atoms with Crippen molar-refractivity contribution < 1.29 is 9.59 Å².